The minimum Gasteiger partial charge on any atom is -0.493 e. The molecule has 2 aliphatic rings. The quantitative estimate of drug-likeness (QED) is 0.325. The monoisotopic (exact) mass is 643 g/mol. The van der Waals surface area contributed by atoms with E-state index in [9.17, 15) is 22.8 Å². The smallest absolute Gasteiger partial charge is 0.417 e. The average Bonchev–Trinajstić information content (AvgIpc) is 3.44. The molecule has 3 heterocycles. The fourth-order valence-corrected chi connectivity index (χ4v) is 6.25. The van der Waals surface area contributed by atoms with E-state index in [4.69, 9.17) is 21.3 Å². The van der Waals surface area contributed by atoms with Crippen LogP contribution in [0.2, 0.25) is 5.02 Å². The van der Waals surface area contributed by atoms with Crippen LogP contribution in [0.1, 0.15) is 53.1 Å². The number of nitrogens with one attached hydrogen (secondary N) is 1. The number of likely N-dealkylation sites (tertiary alicyclic amines) is 1. The minimum absolute atomic E-state index is 0.0184. The molecule has 12 heteroatoms. The highest BCUT2D eigenvalue weighted by Gasteiger charge is 2.38. The Balaban J connectivity index is 1.47. The number of halogens is 4. The van der Waals surface area contributed by atoms with Gasteiger partial charge in [0.15, 0.2) is 5.69 Å². The maximum absolute atomic E-state index is 13.8. The Kier molecular flexibility index (Phi) is 9.88. The van der Waals surface area contributed by atoms with E-state index in [0.29, 0.717) is 36.7 Å². The summed E-state index contributed by atoms with van der Waals surface area (Å²) in [5.74, 6) is -0.352. The number of nitrogens with zero attached hydrogens (tertiary/aromatic N) is 4. The number of amides is 2. The maximum Gasteiger partial charge on any atom is 0.417 e. The second-order valence-electron chi connectivity index (χ2n) is 11.4. The molecule has 2 aromatic carbocycles. The second-order valence-corrected chi connectivity index (χ2v) is 11.8. The zero-order chi connectivity index (χ0) is 32.3. The Morgan fingerprint density at radius 3 is 2.51 bits per heavy atom. The summed E-state index contributed by atoms with van der Waals surface area (Å²) >= 11 is 5.84. The van der Waals surface area contributed by atoms with Crippen LogP contribution in [-0.4, -0.2) is 85.1 Å². The van der Waals surface area contributed by atoms with E-state index >= 15 is 0 Å². The third-order valence-electron chi connectivity index (χ3n) is 8.35. The van der Waals surface area contributed by atoms with Crippen LogP contribution in [0.5, 0.6) is 5.75 Å². The normalized spacial score (nSPS) is 19.1. The number of alkyl halides is 3. The Hall–Kier alpha value is -3.83. The molecule has 1 aromatic heterocycles. The van der Waals surface area contributed by atoms with Gasteiger partial charge in [-0.15, -0.1) is 0 Å². The van der Waals surface area contributed by atoms with Crippen LogP contribution in [0.3, 0.4) is 0 Å². The lowest BCUT2D eigenvalue weighted by atomic mass is 10.0. The first kappa shape index (κ1) is 32.6. The van der Waals surface area contributed by atoms with Crippen LogP contribution < -0.4 is 15.0 Å². The topological polar surface area (TPSA) is 78.0 Å². The van der Waals surface area contributed by atoms with Crippen molar-refractivity contribution in [1.82, 2.24) is 20.1 Å². The van der Waals surface area contributed by atoms with Crippen LogP contribution in [-0.2, 0) is 6.18 Å². The van der Waals surface area contributed by atoms with Crippen molar-refractivity contribution in [3.8, 4) is 17.0 Å². The van der Waals surface area contributed by atoms with Gasteiger partial charge in [-0.05, 0) is 75.8 Å². The fourth-order valence-electron chi connectivity index (χ4n) is 6.08. The van der Waals surface area contributed by atoms with Crippen LogP contribution >= 0.6 is 11.6 Å². The number of hydrogen-bond donors (Lipinski definition) is 1. The number of para-hydroxylation sites is 1. The molecule has 0 unspecified atom stereocenters. The second kappa shape index (κ2) is 13.7. The van der Waals surface area contributed by atoms with Gasteiger partial charge in [-0.1, -0.05) is 30.7 Å². The SMILES string of the molecule is CCOc1ccccc1-c1ccc(N2CCN(C(=O)c3ccc(Cl)cc3C(F)(F)F)C[C@H]2CC)c(C(=O)N[C@@H]2CCN(C)C2)n1. The molecule has 45 heavy (non-hydrogen) atoms. The molecule has 240 valence electrons. The van der Waals surface area contributed by atoms with Gasteiger partial charge in [0.25, 0.3) is 11.8 Å². The van der Waals surface area contributed by atoms with Crippen molar-refractivity contribution in [2.24, 2.45) is 0 Å². The van der Waals surface area contributed by atoms with Gasteiger partial charge in [-0.2, -0.15) is 13.2 Å². The van der Waals surface area contributed by atoms with Gasteiger partial charge in [-0.3, -0.25) is 9.59 Å². The predicted molar refractivity (Wildman–Crippen MR) is 168 cm³/mol. The van der Waals surface area contributed by atoms with Crippen LogP contribution in [0.15, 0.2) is 54.6 Å². The Morgan fingerprint density at radius 1 is 1.04 bits per heavy atom. The zero-order valence-corrected chi connectivity index (χ0v) is 26.3. The first-order valence-electron chi connectivity index (χ1n) is 15.1. The molecule has 3 aromatic rings. The molecule has 8 nitrogen and oxygen atoms in total. The molecular weight excluding hydrogens is 607 g/mol. The molecule has 2 amide bonds. The Labute approximate surface area is 266 Å². The summed E-state index contributed by atoms with van der Waals surface area (Å²) in [4.78, 5) is 37.8. The number of piperazine rings is 1. The zero-order valence-electron chi connectivity index (χ0n) is 25.5. The summed E-state index contributed by atoms with van der Waals surface area (Å²) in [6.07, 6.45) is -3.32. The van der Waals surface area contributed by atoms with Gasteiger partial charge in [0, 0.05) is 48.8 Å². The summed E-state index contributed by atoms with van der Waals surface area (Å²) in [6.45, 7) is 6.58. The summed E-state index contributed by atoms with van der Waals surface area (Å²) in [5, 5.41) is 3.05. The van der Waals surface area contributed by atoms with Gasteiger partial charge in [0.05, 0.1) is 29.1 Å². The van der Waals surface area contributed by atoms with Gasteiger partial charge < -0.3 is 24.8 Å². The first-order chi connectivity index (χ1) is 21.5. The number of rotatable bonds is 8. The van der Waals surface area contributed by atoms with Crippen LogP contribution in [0.4, 0.5) is 18.9 Å². The number of aromatic nitrogens is 1. The van der Waals surface area contributed by atoms with Crippen molar-refractivity contribution in [3.05, 3.63) is 76.4 Å². The maximum atomic E-state index is 13.8. The van der Waals surface area contributed by atoms with E-state index in [1.165, 1.54) is 11.0 Å². The number of pyridine rings is 1. The predicted octanol–water partition coefficient (Wildman–Crippen LogP) is 5.99. The standard InChI is InChI=1S/C33H37ClF3N5O3/c1-4-23-20-41(32(44)24-11-10-21(34)18-26(24)33(35,36)37)16-17-42(23)28-13-12-27(25-8-6-7-9-29(25)45-5-2)39-30(28)31(43)38-22-14-15-40(3)19-22/h6-13,18,22-23H,4-5,14-17,19-20H2,1-3H3,(H,38,43)/t22-,23-/m1/s1. The number of likely N-dealkylation sites (N-methyl/N-ethyl adjacent to an activating group) is 1. The van der Waals surface area contributed by atoms with Crippen LogP contribution in [0.25, 0.3) is 11.3 Å². The molecule has 0 saturated carbocycles. The summed E-state index contributed by atoms with van der Waals surface area (Å²) < 4.78 is 47.2. The molecule has 5 rings (SSSR count). The number of benzene rings is 2. The molecule has 0 radical (unpaired) electrons. The fraction of sp³-hybridized carbons (Fsp3) is 0.424. The lowest BCUT2D eigenvalue weighted by Gasteiger charge is -2.43. The number of anilines is 1. The Bertz CT molecular complexity index is 1550. The third-order valence-corrected chi connectivity index (χ3v) is 8.58. The lowest BCUT2D eigenvalue weighted by molar-refractivity contribution is -0.138. The number of carbonyl (C=O) groups is 2. The molecule has 2 fully saturated rings. The molecule has 0 bridgehead atoms. The van der Waals surface area contributed by atoms with Crippen molar-refractivity contribution >= 4 is 29.1 Å². The van der Waals surface area contributed by atoms with Gasteiger partial charge >= 0.3 is 6.18 Å². The highest BCUT2D eigenvalue weighted by Crippen LogP contribution is 2.36. The van der Waals surface area contributed by atoms with Crippen molar-refractivity contribution in [3.63, 3.8) is 0 Å². The van der Waals surface area contributed by atoms with E-state index < -0.39 is 23.2 Å². The van der Waals surface area contributed by atoms with Crippen molar-refractivity contribution in [2.45, 2.75) is 44.9 Å². The molecule has 2 aliphatic heterocycles. The summed E-state index contributed by atoms with van der Waals surface area (Å²) in [6, 6.07) is 14.1. The van der Waals surface area contributed by atoms with E-state index in [1.807, 2.05) is 62.2 Å². The van der Waals surface area contributed by atoms with Crippen molar-refractivity contribution < 1.29 is 27.5 Å². The van der Waals surface area contributed by atoms with Crippen LogP contribution in [0, 0.1) is 0 Å². The van der Waals surface area contributed by atoms with E-state index in [1.54, 1.807) is 0 Å². The number of hydrogen-bond acceptors (Lipinski definition) is 6. The third kappa shape index (κ3) is 7.20. The number of ether oxygens (including phenoxy) is 1. The number of carbonyl (C=O) groups excluding carboxylic acids is 2. The summed E-state index contributed by atoms with van der Waals surface area (Å²) in [7, 11) is 2.01. The van der Waals surface area contributed by atoms with Gasteiger partial charge in [0.1, 0.15) is 5.75 Å². The van der Waals surface area contributed by atoms with E-state index in [0.717, 1.165) is 37.2 Å². The molecule has 0 spiro atoms. The van der Waals surface area contributed by atoms with E-state index in [-0.39, 0.29) is 41.8 Å². The van der Waals surface area contributed by atoms with Gasteiger partial charge in [-0.25, -0.2) is 4.98 Å². The molecule has 1 N–H and O–H groups in total. The summed E-state index contributed by atoms with van der Waals surface area (Å²) in [5.41, 5.74) is 0.712. The molecular formula is C33H37ClF3N5O3. The highest BCUT2D eigenvalue weighted by molar-refractivity contribution is 6.30. The molecule has 0 aliphatic carbocycles. The molecule has 2 atom stereocenters. The molecule has 2 saturated heterocycles. The van der Waals surface area contributed by atoms with Crippen molar-refractivity contribution in [2.75, 3.05) is 51.3 Å². The Morgan fingerprint density at radius 2 is 1.82 bits per heavy atom. The van der Waals surface area contributed by atoms with Gasteiger partial charge in [0.2, 0.25) is 0 Å². The van der Waals surface area contributed by atoms with Crippen molar-refractivity contribution in [1.29, 1.82) is 0 Å². The minimum atomic E-state index is -4.73. The lowest BCUT2D eigenvalue weighted by Crippen LogP contribution is -2.55. The average molecular weight is 644 g/mol. The highest BCUT2D eigenvalue weighted by atomic mass is 35.5. The largest absolute Gasteiger partial charge is 0.493 e. The van der Waals surface area contributed by atoms with E-state index in [2.05, 4.69) is 10.2 Å². The first-order valence-corrected chi connectivity index (χ1v) is 15.5.